The van der Waals surface area contributed by atoms with Crippen LogP contribution in [0, 0.1) is 0 Å². The number of para-hydroxylation sites is 1. The first-order valence-corrected chi connectivity index (χ1v) is 7.08. The van der Waals surface area contributed by atoms with E-state index in [4.69, 9.17) is 5.73 Å². The molecular weight excluding hydrogens is 248 g/mol. The Balaban J connectivity index is 2.31. The predicted molar refractivity (Wildman–Crippen MR) is 83.7 cm³/mol. The largest absolute Gasteiger partial charge is 0.391 e. The molecule has 104 valence electrons. The summed E-state index contributed by atoms with van der Waals surface area (Å²) in [6, 6.07) is 14.3. The number of aryl methyl sites for hydroxylation is 1. The lowest BCUT2D eigenvalue weighted by atomic mass is 10.0. The Labute approximate surface area is 118 Å². The first-order chi connectivity index (χ1) is 9.63. The van der Waals surface area contributed by atoms with Crippen molar-refractivity contribution in [2.75, 3.05) is 0 Å². The number of hydrogen-bond donors (Lipinski definition) is 2. The molecule has 0 saturated heterocycles. The molecule has 0 amide bonds. The van der Waals surface area contributed by atoms with Gasteiger partial charge in [-0.1, -0.05) is 24.3 Å². The molecule has 0 bridgehead atoms. The van der Waals surface area contributed by atoms with Gasteiger partial charge in [0.15, 0.2) is 0 Å². The van der Waals surface area contributed by atoms with Gasteiger partial charge in [0.05, 0.1) is 12.1 Å². The van der Waals surface area contributed by atoms with Gasteiger partial charge in [-0.3, -0.25) is 0 Å². The van der Waals surface area contributed by atoms with Crippen molar-refractivity contribution in [1.82, 2.24) is 4.57 Å². The molecule has 3 nitrogen and oxygen atoms in total. The van der Waals surface area contributed by atoms with Crippen molar-refractivity contribution in [3.05, 3.63) is 48.0 Å². The maximum atomic E-state index is 9.68. The van der Waals surface area contributed by atoms with Crippen LogP contribution in [0.25, 0.3) is 21.8 Å². The van der Waals surface area contributed by atoms with E-state index in [-0.39, 0.29) is 6.04 Å². The Morgan fingerprint density at radius 3 is 2.50 bits per heavy atom. The molecule has 3 rings (SSSR count). The van der Waals surface area contributed by atoms with Crippen molar-refractivity contribution in [2.45, 2.75) is 32.5 Å². The summed E-state index contributed by atoms with van der Waals surface area (Å²) in [7, 11) is 0. The number of aromatic nitrogens is 1. The monoisotopic (exact) mass is 268 g/mol. The van der Waals surface area contributed by atoms with E-state index in [0.29, 0.717) is 0 Å². The second kappa shape index (κ2) is 4.93. The van der Waals surface area contributed by atoms with E-state index in [0.717, 1.165) is 12.1 Å². The van der Waals surface area contributed by atoms with Crippen LogP contribution in [-0.4, -0.2) is 15.8 Å². The van der Waals surface area contributed by atoms with E-state index in [9.17, 15) is 5.11 Å². The van der Waals surface area contributed by atoms with E-state index >= 15 is 0 Å². The van der Waals surface area contributed by atoms with E-state index < -0.39 is 6.10 Å². The molecule has 0 saturated carbocycles. The summed E-state index contributed by atoms with van der Waals surface area (Å²) in [5, 5.41) is 12.1. The fourth-order valence-corrected chi connectivity index (χ4v) is 2.90. The number of rotatable bonds is 3. The quantitative estimate of drug-likeness (QED) is 0.766. The van der Waals surface area contributed by atoms with Crippen LogP contribution in [0.5, 0.6) is 0 Å². The molecule has 3 heteroatoms. The van der Waals surface area contributed by atoms with Gasteiger partial charge in [0.2, 0.25) is 0 Å². The molecule has 0 aliphatic rings. The topological polar surface area (TPSA) is 51.2 Å². The minimum absolute atomic E-state index is 0.344. The Hall–Kier alpha value is -1.84. The van der Waals surface area contributed by atoms with Crippen LogP contribution < -0.4 is 5.73 Å². The van der Waals surface area contributed by atoms with Crippen molar-refractivity contribution in [3.63, 3.8) is 0 Å². The predicted octanol–water partition coefficient (Wildman–Crippen LogP) is 3.20. The van der Waals surface area contributed by atoms with E-state index in [1.807, 2.05) is 6.07 Å². The fourth-order valence-electron chi connectivity index (χ4n) is 2.90. The number of hydrogen-bond acceptors (Lipinski definition) is 2. The highest BCUT2D eigenvalue weighted by Crippen LogP contribution is 2.31. The SMILES string of the molecule is CCn1c2ccccc2c2cc([C@@H](N)[C@H](C)O)ccc21. The molecule has 0 radical (unpaired) electrons. The summed E-state index contributed by atoms with van der Waals surface area (Å²) in [6.45, 7) is 4.82. The molecule has 1 aromatic heterocycles. The standard InChI is InChI=1S/C17H20N2O/c1-3-19-15-7-5-4-6-13(15)14-10-12(8-9-16(14)19)17(18)11(2)20/h4-11,17,20H,3,18H2,1-2H3/t11-,17-/m0/s1. The number of fused-ring (bicyclic) bond motifs is 3. The molecule has 0 aliphatic carbocycles. The van der Waals surface area contributed by atoms with Crippen LogP contribution >= 0.6 is 0 Å². The van der Waals surface area contributed by atoms with Gasteiger partial charge >= 0.3 is 0 Å². The molecule has 0 fully saturated rings. The number of nitrogens with zero attached hydrogens (tertiary/aromatic N) is 1. The van der Waals surface area contributed by atoms with Gasteiger partial charge in [0, 0.05) is 28.4 Å². The van der Waals surface area contributed by atoms with Crippen LogP contribution in [0.3, 0.4) is 0 Å². The van der Waals surface area contributed by atoms with Crippen molar-refractivity contribution >= 4 is 21.8 Å². The van der Waals surface area contributed by atoms with Crippen LogP contribution in [0.4, 0.5) is 0 Å². The van der Waals surface area contributed by atoms with E-state index in [1.165, 1.54) is 21.8 Å². The van der Waals surface area contributed by atoms with Crippen LogP contribution in [0.15, 0.2) is 42.5 Å². The lowest BCUT2D eigenvalue weighted by Gasteiger charge is -2.15. The molecular formula is C17H20N2O. The second-order valence-corrected chi connectivity index (χ2v) is 5.30. The summed E-state index contributed by atoms with van der Waals surface area (Å²) in [6.07, 6.45) is -0.549. The summed E-state index contributed by atoms with van der Waals surface area (Å²) in [4.78, 5) is 0. The smallest absolute Gasteiger partial charge is 0.0704 e. The zero-order chi connectivity index (χ0) is 14.3. The molecule has 2 atom stereocenters. The average Bonchev–Trinajstić information content (AvgIpc) is 2.79. The van der Waals surface area contributed by atoms with Gasteiger partial charge in [0.25, 0.3) is 0 Å². The number of aliphatic hydroxyl groups excluding tert-OH is 1. The maximum Gasteiger partial charge on any atom is 0.0704 e. The number of benzene rings is 2. The number of aliphatic hydroxyl groups is 1. The molecule has 0 spiro atoms. The molecule has 0 aliphatic heterocycles. The Bertz CT molecular complexity index is 758. The summed E-state index contributed by atoms with van der Waals surface area (Å²) >= 11 is 0. The highest BCUT2D eigenvalue weighted by molar-refractivity contribution is 6.08. The first-order valence-electron chi connectivity index (χ1n) is 7.08. The molecule has 20 heavy (non-hydrogen) atoms. The Morgan fingerprint density at radius 1 is 1.10 bits per heavy atom. The zero-order valence-electron chi connectivity index (χ0n) is 11.9. The fraction of sp³-hybridized carbons (Fsp3) is 0.294. The number of nitrogens with two attached hydrogens (primary N) is 1. The van der Waals surface area contributed by atoms with Crippen LogP contribution in [0.1, 0.15) is 25.5 Å². The van der Waals surface area contributed by atoms with Gasteiger partial charge in [0.1, 0.15) is 0 Å². The first kappa shape index (κ1) is 13.2. The minimum atomic E-state index is -0.549. The molecule has 0 unspecified atom stereocenters. The van der Waals surface area contributed by atoms with E-state index in [2.05, 4.69) is 47.9 Å². The summed E-state index contributed by atoms with van der Waals surface area (Å²) in [5.74, 6) is 0. The second-order valence-electron chi connectivity index (χ2n) is 5.30. The maximum absolute atomic E-state index is 9.68. The normalized spacial score (nSPS) is 14.8. The third-order valence-electron chi connectivity index (χ3n) is 4.02. The van der Waals surface area contributed by atoms with Crippen LogP contribution in [0.2, 0.25) is 0 Å². The highest BCUT2D eigenvalue weighted by Gasteiger charge is 2.15. The highest BCUT2D eigenvalue weighted by atomic mass is 16.3. The summed E-state index contributed by atoms with van der Waals surface area (Å²) in [5.41, 5.74) is 9.49. The average molecular weight is 268 g/mol. The van der Waals surface area contributed by atoms with E-state index in [1.54, 1.807) is 6.92 Å². The lowest BCUT2D eigenvalue weighted by Crippen LogP contribution is -2.22. The van der Waals surface area contributed by atoms with Crippen molar-refractivity contribution in [1.29, 1.82) is 0 Å². The van der Waals surface area contributed by atoms with Crippen molar-refractivity contribution in [2.24, 2.45) is 5.73 Å². The molecule has 3 N–H and O–H groups in total. The summed E-state index contributed by atoms with van der Waals surface area (Å²) < 4.78 is 2.31. The third-order valence-corrected chi connectivity index (χ3v) is 4.02. The lowest BCUT2D eigenvalue weighted by molar-refractivity contribution is 0.164. The van der Waals surface area contributed by atoms with Gasteiger partial charge in [-0.05, 0) is 37.6 Å². The van der Waals surface area contributed by atoms with Gasteiger partial charge in [-0.2, -0.15) is 0 Å². The Kier molecular flexibility index (Phi) is 3.24. The molecule has 3 aromatic rings. The molecule has 1 heterocycles. The van der Waals surface area contributed by atoms with Crippen molar-refractivity contribution in [3.8, 4) is 0 Å². The van der Waals surface area contributed by atoms with Gasteiger partial charge < -0.3 is 15.4 Å². The van der Waals surface area contributed by atoms with Crippen molar-refractivity contribution < 1.29 is 5.11 Å². The Morgan fingerprint density at radius 2 is 1.80 bits per heavy atom. The van der Waals surface area contributed by atoms with Gasteiger partial charge in [-0.25, -0.2) is 0 Å². The third kappa shape index (κ3) is 1.90. The zero-order valence-corrected chi connectivity index (χ0v) is 11.9. The van der Waals surface area contributed by atoms with Crippen LogP contribution in [-0.2, 0) is 6.54 Å². The van der Waals surface area contributed by atoms with Gasteiger partial charge in [-0.15, -0.1) is 0 Å². The minimum Gasteiger partial charge on any atom is -0.391 e. The molecule has 2 aromatic carbocycles.